The van der Waals surface area contributed by atoms with Gasteiger partial charge in [-0.15, -0.1) is 0 Å². The molecule has 1 N–H and O–H groups in total. The van der Waals surface area contributed by atoms with Gasteiger partial charge in [-0.05, 0) is 37.9 Å². The first-order valence-electron chi connectivity index (χ1n) is 6.80. The van der Waals surface area contributed by atoms with Gasteiger partial charge in [0.15, 0.2) is 11.5 Å². The summed E-state index contributed by atoms with van der Waals surface area (Å²) in [5, 5.41) is 3.66. The molecule has 96 valence electrons. The van der Waals surface area contributed by atoms with Gasteiger partial charge in [-0.3, -0.25) is 4.90 Å². The second-order valence-electron chi connectivity index (χ2n) is 5.35. The maximum atomic E-state index is 5.42. The van der Waals surface area contributed by atoms with Gasteiger partial charge in [-0.25, -0.2) is 0 Å². The lowest BCUT2D eigenvalue weighted by molar-refractivity contribution is 0.174. The molecule has 0 aliphatic carbocycles. The summed E-state index contributed by atoms with van der Waals surface area (Å²) in [6.45, 7) is 2.87. The van der Waals surface area contributed by atoms with Crippen molar-refractivity contribution in [3.05, 3.63) is 18.2 Å². The summed E-state index contributed by atoms with van der Waals surface area (Å²) in [6, 6.07) is 7.46. The normalized spacial score (nSPS) is 29.6. The number of nitrogens with one attached hydrogen (secondary N) is 1. The minimum Gasteiger partial charge on any atom is -0.454 e. The lowest BCUT2D eigenvalue weighted by Gasteiger charge is -2.22. The minimum absolute atomic E-state index is 0.346. The Morgan fingerprint density at radius 3 is 3.06 bits per heavy atom. The van der Waals surface area contributed by atoms with E-state index in [9.17, 15) is 0 Å². The highest BCUT2D eigenvalue weighted by Gasteiger charge is 2.37. The molecule has 0 aromatic heterocycles. The molecule has 0 bridgehead atoms. The van der Waals surface area contributed by atoms with E-state index in [1.54, 1.807) is 0 Å². The molecule has 0 spiro atoms. The molecule has 3 heterocycles. The third-order valence-corrected chi connectivity index (χ3v) is 4.33. The molecule has 0 saturated carbocycles. The number of anilines is 1. The first-order chi connectivity index (χ1) is 8.90. The smallest absolute Gasteiger partial charge is 0.231 e. The van der Waals surface area contributed by atoms with Crippen LogP contribution < -0.4 is 14.8 Å². The van der Waals surface area contributed by atoms with E-state index < -0.39 is 0 Å². The van der Waals surface area contributed by atoms with Crippen LogP contribution in [0, 0.1) is 0 Å². The summed E-state index contributed by atoms with van der Waals surface area (Å²) >= 11 is 0. The van der Waals surface area contributed by atoms with E-state index >= 15 is 0 Å². The summed E-state index contributed by atoms with van der Waals surface area (Å²) in [5.41, 5.74) is 1.15. The SMILES string of the molecule is c1cc2c(cc1NC1CCN3CCCC13)OCO2. The van der Waals surface area contributed by atoms with Gasteiger partial charge in [0.2, 0.25) is 6.79 Å². The van der Waals surface area contributed by atoms with E-state index in [4.69, 9.17) is 9.47 Å². The van der Waals surface area contributed by atoms with E-state index in [1.807, 2.05) is 6.07 Å². The van der Waals surface area contributed by atoms with Gasteiger partial charge in [0.1, 0.15) is 0 Å². The van der Waals surface area contributed by atoms with Gasteiger partial charge in [0.25, 0.3) is 0 Å². The third-order valence-electron chi connectivity index (χ3n) is 4.33. The molecule has 2 saturated heterocycles. The minimum atomic E-state index is 0.346. The summed E-state index contributed by atoms with van der Waals surface area (Å²) in [7, 11) is 0. The maximum absolute atomic E-state index is 5.42. The van der Waals surface area contributed by atoms with Crippen molar-refractivity contribution in [2.75, 3.05) is 25.2 Å². The van der Waals surface area contributed by atoms with Crippen LogP contribution in [-0.4, -0.2) is 36.9 Å². The molecule has 2 fully saturated rings. The second kappa shape index (κ2) is 4.05. The lowest BCUT2D eigenvalue weighted by Crippen LogP contribution is -2.33. The monoisotopic (exact) mass is 246 g/mol. The molecule has 1 aromatic carbocycles. The fraction of sp³-hybridized carbons (Fsp3) is 0.571. The van der Waals surface area contributed by atoms with Crippen molar-refractivity contribution in [3.8, 4) is 11.5 Å². The molecular weight excluding hydrogens is 228 g/mol. The predicted molar refractivity (Wildman–Crippen MR) is 69.2 cm³/mol. The van der Waals surface area contributed by atoms with E-state index in [0.29, 0.717) is 12.8 Å². The van der Waals surface area contributed by atoms with Crippen LogP contribution in [-0.2, 0) is 0 Å². The Hall–Kier alpha value is -1.42. The molecule has 2 unspecified atom stereocenters. The Kier molecular flexibility index (Phi) is 2.36. The topological polar surface area (TPSA) is 33.7 Å². The summed E-state index contributed by atoms with van der Waals surface area (Å²) in [6.07, 6.45) is 3.94. The van der Waals surface area contributed by atoms with Crippen molar-refractivity contribution in [2.45, 2.75) is 31.3 Å². The number of nitrogens with zero attached hydrogens (tertiary/aromatic N) is 1. The Morgan fingerprint density at radius 2 is 2.06 bits per heavy atom. The zero-order valence-electron chi connectivity index (χ0n) is 10.4. The predicted octanol–water partition coefficient (Wildman–Crippen LogP) is 2.06. The van der Waals surface area contributed by atoms with Gasteiger partial charge in [0, 0.05) is 30.4 Å². The molecule has 4 rings (SSSR count). The third kappa shape index (κ3) is 1.63. The van der Waals surface area contributed by atoms with Crippen LogP contribution in [0.3, 0.4) is 0 Å². The fourth-order valence-electron chi connectivity index (χ4n) is 3.45. The summed E-state index contributed by atoms with van der Waals surface area (Å²) in [5.74, 6) is 1.72. The van der Waals surface area contributed by atoms with Crippen molar-refractivity contribution >= 4 is 5.69 Å². The zero-order valence-corrected chi connectivity index (χ0v) is 10.4. The van der Waals surface area contributed by atoms with Gasteiger partial charge in [0.05, 0.1) is 0 Å². The number of hydrogen-bond acceptors (Lipinski definition) is 4. The van der Waals surface area contributed by atoms with Crippen molar-refractivity contribution in [2.24, 2.45) is 0 Å². The number of ether oxygens (including phenoxy) is 2. The van der Waals surface area contributed by atoms with Crippen molar-refractivity contribution in [3.63, 3.8) is 0 Å². The Morgan fingerprint density at radius 1 is 1.11 bits per heavy atom. The Labute approximate surface area is 107 Å². The van der Waals surface area contributed by atoms with E-state index in [-0.39, 0.29) is 0 Å². The van der Waals surface area contributed by atoms with E-state index in [0.717, 1.165) is 23.2 Å². The molecular formula is C14H18N2O2. The van der Waals surface area contributed by atoms with E-state index in [1.165, 1.54) is 32.4 Å². The van der Waals surface area contributed by atoms with Gasteiger partial charge in [-0.2, -0.15) is 0 Å². The standard InChI is InChI=1S/C14H18N2O2/c1-2-12-11(5-7-16(12)6-1)15-10-3-4-13-14(8-10)18-9-17-13/h3-4,8,11-12,15H,1-2,5-7,9H2. The average Bonchev–Trinajstić information content (AvgIpc) is 3.06. The number of rotatable bonds is 2. The molecule has 4 nitrogen and oxygen atoms in total. The van der Waals surface area contributed by atoms with Gasteiger partial charge in [-0.1, -0.05) is 0 Å². The molecule has 0 amide bonds. The van der Waals surface area contributed by atoms with Crippen LogP contribution in [0.1, 0.15) is 19.3 Å². The van der Waals surface area contributed by atoms with Crippen molar-refractivity contribution in [1.29, 1.82) is 0 Å². The van der Waals surface area contributed by atoms with Gasteiger partial charge < -0.3 is 14.8 Å². The van der Waals surface area contributed by atoms with Crippen LogP contribution in [0.15, 0.2) is 18.2 Å². The highest BCUT2D eigenvalue weighted by Crippen LogP contribution is 2.36. The number of hydrogen-bond donors (Lipinski definition) is 1. The van der Waals surface area contributed by atoms with E-state index in [2.05, 4.69) is 22.3 Å². The maximum Gasteiger partial charge on any atom is 0.231 e. The average molecular weight is 246 g/mol. The fourth-order valence-corrected chi connectivity index (χ4v) is 3.45. The Balaban J connectivity index is 1.51. The van der Waals surface area contributed by atoms with Crippen molar-refractivity contribution in [1.82, 2.24) is 4.90 Å². The highest BCUT2D eigenvalue weighted by molar-refractivity contribution is 5.56. The largest absolute Gasteiger partial charge is 0.454 e. The zero-order chi connectivity index (χ0) is 11.9. The van der Waals surface area contributed by atoms with Crippen LogP contribution in [0.4, 0.5) is 5.69 Å². The molecule has 2 atom stereocenters. The molecule has 3 aliphatic rings. The highest BCUT2D eigenvalue weighted by atomic mass is 16.7. The van der Waals surface area contributed by atoms with Crippen LogP contribution in [0.25, 0.3) is 0 Å². The first-order valence-corrected chi connectivity index (χ1v) is 6.80. The lowest BCUT2D eigenvalue weighted by atomic mass is 10.1. The first kappa shape index (κ1) is 10.5. The second-order valence-corrected chi connectivity index (χ2v) is 5.35. The number of fused-ring (bicyclic) bond motifs is 2. The van der Waals surface area contributed by atoms with Crippen LogP contribution in [0.5, 0.6) is 11.5 Å². The van der Waals surface area contributed by atoms with Crippen molar-refractivity contribution < 1.29 is 9.47 Å². The molecule has 18 heavy (non-hydrogen) atoms. The summed E-state index contributed by atoms with van der Waals surface area (Å²) in [4.78, 5) is 2.62. The summed E-state index contributed by atoms with van der Waals surface area (Å²) < 4.78 is 10.8. The van der Waals surface area contributed by atoms with Crippen LogP contribution in [0.2, 0.25) is 0 Å². The number of benzene rings is 1. The molecule has 1 aromatic rings. The molecule has 4 heteroatoms. The molecule has 0 radical (unpaired) electrons. The quantitative estimate of drug-likeness (QED) is 0.866. The molecule has 3 aliphatic heterocycles. The van der Waals surface area contributed by atoms with Gasteiger partial charge >= 0.3 is 0 Å². The van der Waals surface area contributed by atoms with Crippen LogP contribution >= 0.6 is 0 Å². The Bertz CT molecular complexity index is 463.